The molecule has 1 saturated heterocycles. The zero-order valence-electron chi connectivity index (χ0n) is 10.2. The summed E-state index contributed by atoms with van der Waals surface area (Å²) in [6.07, 6.45) is -0.701. The minimum Gasteiger partial charge on any atom is -0.247 e. The molecule has 2 rings (SSSR count). The van der Waals surface area contributed by atoms with Crippen LogP contribution in [0.15, 0.2) is 18.2 Å². The number of benzene rings is 1. The third-order valence-corrected chi connectivity index (χ3v) is 4.95. The summed E-state index contributed by atoms with van der Waals surface area (Å²) < 4.78 is 64.6. The number of halogens is 3. The largest absolute Gasteiger partial charge is 0.247 e. The van der Waals surface area contributed by atoms with Gasteiger partial charge in [0.2, 0.25) is 10.0 Å². The number of sulfonamides is 1. The molecule has 1 aliphatic rings. The number of alkyl halides is 1. The van der Waals surface area contributed by atoms with Gasteiger partial charge in [0.25, 0.3) is 0 Å². The van der Waals surface area contributed by atoms with Gasteiger partial charge in [0.05, 0.1) is 5.75 Å². The second kappa shape index (κ2) is 5.50. The lowest BCUT2D eigenvalue weighted by molar-refractivity contribution is 0.210. The highest BCUT2D eigenvalue weighted by Crippen LogP contribution is 2.20. The summed E-state index contributed by atoms with van der Waals surface area (Å²) in [5, 5.41) is 0. The molecule has 106 valence electrons. The molecule has 1 aliphatic heterocycles. The fourth-order valence-electron chi connectivity index (χ4n) is 2.04. The first kappa shape index (κ1) is 14.3. The van der Waals surface area contributed by atoms with Gasteiger partial charge in [0, 0.05) is 18.7 Å². The number of hydrogen-bond acceptors (Lipinski definition) is 2. The van der Waals surface area contributed by atoms with Gasteiger partial charge in [0.15, 0.2) is 0 Å². The van der Waals surface area contributed by atoms with Crippen LogP contribution in [0.5, 0.6) is 0 Å². The highest BCUT2D eigenvalue weighted by atomic mass is 32.2. The first-order valence-electron chi connectivity index (χ1n) is 5.94. The fraction of sp³-hybridized carbons (Fsp3) is 0.500. The highest BCUT2D eigenvalue weighted by Gasteiger charge is 2.28. The molecule has 0 atom stereocenters. The summed E-state index contributed by atoms with van der Waals surface area (Å²) in [7, 11) is -3.74. The van der Waals surface area contributed by atoms with Crippen LogP contribution >= 0.6 is 0 Å². The lowest BCUT2D eigenvalue weighted by Gasteiger charge is -2.27. The summed E-state index contributed by atoms with van der Waals surface area (Å²) >= 11 is 0. The summed E-state index contributed by atoms with van der Waals surface area (Å²) in [5.41, 5.74) is -0.206. The first-order chi connectivity index (χ1) is 8.88. The van der Waals surface area contributed by atoms with E-state index in [1.165, 1.54) is 0 Å². The average Bonchev–Trinajstić information content (AvgIpc) is 2.34. The molecule has 0 aromatic heterocycles. The van der Waals surface area contributed by atoms with Crippen molar-refractivity contribution in [3.05, 3.63) is 35.4 Å². The molecule has 0 bridgehead atoms. The van der Waals surface area contributed by atoms with E-state index in [0.717, 1.165) is 22.5 Å². The molecule has 1 aromatic carbocycles. The first-order valence-corrected chi connectivity index (χ1v) is 7.55. The summed E-state index contributed by atoms with van der Waals surface area (Å²) in [5.74, 6) is -2.05. The molecule has 0 N–H and O–H groups in total. The van der Waals surface area contributed by atoms with Crippen molar-refractivity contribution in [1.29, 1.82) is 0 Å². The van der Waals surface area contributed by atoms with Crippen LogP contribution in [0.1, 0.15) is 18.4 Å². The Labute approximate surface area is 110 Å². The van der Waals surface area contributed by atoms with Crippen LogP contribution in [-0.2, 0) is 15.8 Å². The Hall–Kier alpha value is -1.08. The summed E-state index contributed by atoms with van der Waals surface area (Å²) in [6.45, 7) is 0.168. The molecule has 0 aliphatic carbocycles. The van der Waals surface area contributed by atoms with Crippen LogP contribution < -0.4 is 0 Å². The van der Waals surface area contributed by atoms with E-state index in [2.05, 4.69) is 0 Å². The Morgan fingerprint density at radius 1 is 1.21 bits per heavy atom. The van der Waals surface area contributed by atoms with E-state index < -0.39 is 33.6 Å². The van der Waals surface area contributed by atoms with Crippen LogP contribution in [0.25, 0.3) is 0 Å². The van der Waals surface area contributed by atoms with Gasteiger partial charge in [-0.05, 0) is 31.0 Å². The molecule has 0 unspecified atom stereocenters. The predicted molar refractivity (Wildman–Crippen MR) is 64.7 cm³/mol. The van der Waals surface area contributed by atoms with Gasteiger partial charge in [-0.2, -0.15) is 0 Å². The fourth-order valence-corrected chi connectivity index (χ4v) is 3.61. The lowest BCUT2D eigenvalue weighted by atomic mass is 10.1. The van der Waals surface area contributed by atoms with E-state index in [0.29, 0.717) is 0 Å². The summed E-state index contributed by atoms with van der Waals surface area (Å²) in [6, 6.07) is 2.70. The van der Waals surface area contributed by atoms with Gasteiger partial charge >= 0.3 is 0 Å². The van der Waals surface area contributed by atoms with Crippen molar-refractivity contribution in [2.75, 3.05) is 13.1 Å². The Morgan fingerprint density at radius 3 is 2.47 bits per heavy atom. The van der Waals surface area contributed by atoms with Crippen molar-refractivity contribution in [3.63, 3.8) is 0 Å². The van der Waals surface area contributed by atoms with Crippen LogP contribution in [0.3, 0.4) is 0 Å². The predicted octanol–water partition coefficient (Wildman–Crippen LogP) is 2.23. The molecule has 1 fully saturated rings. The van der Waals surface area contributed by atoms with Gasteiger partial charge in [-0.25, -0.2) is 25.9 Å². The number of nitrogens with zero attached hydrogens (tertiary/aromatic N) is 1. The van der Waals surface area contributed by atoms with Crippen molar-refractivity contribution in [1.82, 2.24) is 4.31 Å². The molecular weight excluding hydrogens is 279 g/mol. The molecule has 1 aromatic rings. The Bertz CT molecular complexity index is 554. The molecule has 19 heavy (non-hydrogen) atoms. The van der Waals surface area contributed by atoms with E-state index in [-0.39, 0.29) is 31.5 Å². The quantitative estimate of drug-likeness (QED) is 0.857. The Balaban J connectivity index is 2.15. The van der Waals surface area contributed by atoms with Crippen LogP contribution in [0.4, 0.5) is 13.2 Å². The minimum atomic E-state index is -3.74. The Morgan fingerprint density at radius 2 is 1.84 bits per heavy atom. The monoisotopic (exact) mass is 293 g/mol. The van der Waals surface area contributed by atoms with Gasteiger partial charge in [-0.1, -0.05) is 0 Å². The Kier molecular flexibility index (Phi) is 4.15. The third-order valence-electron chi connectivity index (χ3n) is 3.12. The summed E-state index contributed by atoms with van der Waals surface area (Å²) in [4.78, 5) is 0. The minimum absolute atomic E-state index is 0.0838. The van der Waals surface area contributed by atoms with E-state index in [1.54, 1.807) is 0 Å². The maximum atomic E-state index is 13.4. The molecule has 0 saturated carbocycles. The topological polar surface area (TPSA) is 37.4 Å². The molecular formula is C12H14F3NO2S. The maximum Gasteiger partial charge on any atom is 0.218 e. The molecule has 3 nitrogen and oxygen atoms in total. The second-order valence-corrected chi connectivity index (χ2v) is 6.53. The smallest absolute Gasteiger partial charge is 0.218 e. The average molecular weight is 293 g/mol. The molecule has 0 amide bonds. The van der Waals surface area contributed by atoms with Crippen molar-refractivity contribution in [3.8, 4) is 0 Å². The van der Waals surface area contributed by atoms with E-state index in [4.69, 9.17) is 0 Å². The van der Waals surface area contributed by atoms with Crippen LogP contribution in [0.2, 0.25) is 0 Å². The zero-order chi connectivity index (χ0) is 14.0. The van der Waals surface area contributed by atoms with E-state index >= 15 is 0 Å². The van der Waals surface area contributed by atoms with Crippen LogP contribution in [0, 0.1) is 11.6 Å². The number of rotatable bonds is 3. The van der Waals surface area contributed by atoms with Gasteiger partial charge in [-0.3, -0.25) is 0 Å². The van der Waals surface area contributed by atoms with Crippen molar-refractivity contribution >= 4 is 10.0 Å². The third kappa shape index (κ3) is 3.48. The van der Waals surface area contributed by atoms with Crippen molar-refractivity contribution in [2.24, 2.45) is 0 Å². The van der Waals surface area contributed by atoms with Gasteiger partial charge < -0.3 is 0 Å². The molecule has 0 radical (unpaired) electrons. The van der Waals surface area contributed by atoms with Crippen molar-refractivity contribution < 1.29 is 21.6 Å². The van der Waals surface area contributed by atoms with Gasteiger partial charge in [0.1, 0.15) is 17.8 Å². The zero-order valence-corrected chi connectivity index (χ0v) is 11.0. The molecule has 7 heteroatoms. The number of hydrogen-bond donors (Lipinski definition) is 0. The lowest BCUT2D eigenvalue weighted by Crippen LogP contribution is -2.39. The molecule has 0 spiro atoms. The second-order valence-electron chi connectivity index (χ2n) is 4.57. The van der Waals surface area contributed by atoms with E-state index in [1.807, 2.05) is 0 Å². The van der Waals surface area contributed by atoms with E-state index in [9.17, 15) is 21.6 Å². The molecule has 1 heterocycles. The van der Waals surface area contributed by atoms with Crippen LogP contribution in [-0.4, -0.2) is 32.0 Å². The highest BCUT2D eigenvalue weighted by molar-refractivity contribution is 7.88. The van der Waals surface area contributed by atoms with Gasteiger partial charge in [-0.15, -0.1) is 0 Å². The normalized spacial score (nSPS) is 18.7. The maximum absolute atomic E-state index is 13.4. The standard InChI is InChI=1S/C12H14F3NO2S/c13-10-3-5-16(6-4-10)19(17,18)8-9-7-11(14)1-2-12(9)15/h1-2,7,10H,3-6,8H2. The van der Waals surface area contributed by atoms with Crippen molar-refractivity contribution in [2.45, 2.75) is 24.8 Å². The SMILES string of the molecule is O=S(=O)(Cc1cc(F)ccc1F)N1CCC(F)CC1. The number of piperidine rings is 1.